The van der Waals surface area contributed by atoms with Crippen molar-refractivity contribution in [2.24, 2.45) is 5.92 Å². The number of carbonyl (C=O) groups excluding carboxylic acids is 1. The van der Waals surface area contributed by atoms with Crippen molar-refractivity contribution in [3.63, 3.8) is 0 Å². The first kappa shape index (κ1) is 12.8. The van der Waals surface area contributed by atoms with Gasteiger partial charge in [-0.15, -0.1) is 0 Å². The maximum atomic E-state index is 12.0. The first-order valence-electron chi connectivity index (χ1n) is 6.22. The number of hydrogen-bond acceptors (Lipinski definition) is 3. The second-order valence-electron chi connectivity index (χ2n) is 4.59. The Hall–Kier alpha value is -1.61. The molecule has 0 saturated heterocycles. The van der Waals surface area contributed by atoms with E-state index >= 15 is 0 Å². The molecule has 0 spiro atoms. The number of carbonyl (C=O) groups is 1. The third kappa shape index (κ3) is 2.18. The lowest BCUT2D eigenvalue weighted by atomic mass is 9.76. The maximum absolute atomic E-state index is 12.0. The summed E-state index contributed by atoms with van der Waals surface area (Å²) in [5.74, 6) is -0.814. The van der Waals surface area contributed by atoms with Gasteiger partial charge in [0.15, 0.2) is 5.60 Å². The van der Waals surface area contributed by atoms with Crippen LogP contribution in [0.25, 0.3) is 0 Å². The summed E-state index contributed by atoms with van der Waals surface area (Å²) in [5, 5.41) is 10.9. The topological polar surface area (TPSA) is 46.5 Å². The second kappa shape index (κ2) is 5.36. The number of esters is 1. The van der Waals surface area contributed by atoms with Gasteiger partial charge in [-0.25, -0.2) is 4.79 Å². The Morgan fingerprint density at radius 1 is 1.39 bits per heavy atom. The van der Waals surface area contributed by atoms with Crippen LogP contribution in [0.15, 0.2) is 42.5 Å². The summed E-state index contributed by atoms with van der Waals surface area (Å²) >= 11 is 0. The van der Waals surface area contributed by atoms with Gasteiger partial charge >= 0.3 is 5.97 Å². The van der Waals surface area contributed by atoms with Crippen LogP contribution < -0.4 is 0 Å². The molecule has 18 heavy (non-hydrogen) atoms. The van der Waals surface area contributed by atoms with Gasteiger partial charge in [-0.3, -0.25) is 0 Å². The molecule has 3 nitrogen and oxygen atoms in total. The Kier molecular flexibility index (Phi) is 3.82. The van der Waals surface area contributed by atoms with Crippen LogP contribution in [0.3, 0.4) is 0 Å². The molecule has 1 aromatic carbocycles. The van der Waals surface area contributed by atoms with Gasteiger partial charge in [-0.2, -0.15) is 0 Å². The highest BCUT2D eigenvalue weighted by Gasteiger charge is 2.45. The number of allylic oxidation sites excluding steroid dienone is 1. The maximum Gasteiger partial charge on any atom is 0.343 e. The predicted octanol–water partition coefficient (Wildman–Crippen LogP) is 2.40. The highest BCUT2D eigenvalue weighted by Crippen LogP contribution is 2.37. The van der Waals surface area contributed by atoms with E-state index in [-0.39, 0.29) is 5.92 Å². The number of benzene rings is 1. The zero-order valence-corrected chi connectivity index (χ0v) is 10.5. The lowest BCUT2D eigenvalue weighted by molar-refractivity contribution is -0.169. The van der Waals surface area contributed by atoms with E-state index in [9.17, 15) is 9.90 Å². The average Bonchev–Trinajstić information content (AvgIpc) is 2.47. The van der Waals surface area contributed by atoms with Gasteiger partial charge < -0.3 is 9.84 Å². The van der Waals surface area contributed by atoms with Crippen molar-refractivity contribution < 1.29 is 14.6 Å². The standard InChI is InChI=1S/C15H18O3/c1-18-14(16)15(17,12-8-4-2-5-9-12)13-10-6-3-7-11-13/h2,4-6,8-10,13,17H,3,7,11H2,1H3. The molecule has 0 radical (unpaired) electrons. The number of methoxy groups -OCH3 is 1. The molecule has 0 aromatic heterocycles. The summed E-state index contributed by atoms with van der Waals surface area (Å²) in [6.07, 6.45) is 6.71. The summed E-state index contributed by atoms with van der Waals surface area (Å²) in [6, 6.07) is 9.02. The third-order valence-electron chi connectivity index (χ3n) is 3.50. The summed E-state index contributed by atoms with van der Waals surface area (Å²) in [4.78, 5) is 12.0. The first-order valence-corrected chi connectivity index (χ1v) is 6.22. The number of hydrogen-bond donors (Lipinski definition) is 1. The van der Waals surface area contributed by atoms with Gasteiger partial charge in [0.25, 0.3) is 0 Å². The molecule has 96 valence electrons. The molecule has 2 atom stereocenters. The fraction of sp³-hybridized carbons (Fsp3) is 0.400. The van der Waals surface area contributed by atoms with Crippen LogP contribution in [0.5, 0.6) is 0 Å². The van der Waals surface area contributed by atoms with Gasteiger partial charge in [-0.1, -0.05) is 42.5 Å². The highest BCUT2D eigenvalue weighted by molar-refractivity contribution is 5.81. The predicted molar refractivity (Wildman–Crippen MR) is 68.8 cm³/mol. The Morgan fingerprint density at radius 3 is 2.67 bits per heavy atom. The number of aliphatic hydroxyl groups is 1. The van der Waals surface area contributed by atoms with Crippen LogP contribution in [0, 0.1) is 5.92 Å². The summed E-state index contributed by atoms with van der Waals surface area (Å²) in [7, 11) is 1.31. The van der Waals surface area contributed by atoms with E-state index in [1.807, 2.05) is 30.4 Å². The molecular formula is C15H18O3. The molecule has 1 aliphatic rings. The van der Waals surface area contributed by atoms with E-state index < -0.39 is 11.6 Å². The largest absolute Gasteiger partial charge is 0.467 e. The molecule has 0 amide bonds. The SMILES string of the molecule is COC(=O)C(O)(c1ccccc1)C1C=CCCC1. The first-order chi connectivity index (χ1) is 8.69. The summed E-state index contributed by atoms with van der Waals surface area (Å²) in [5.41, 5.74) is -0.985. The van der Waals surface area contributed by atoms with E-state index in [2.05, 4.69) is 0 Å². The Morgan fingerprint density at radius 2 is 2.11 bits per heavy atom. The minimum Gasteiger partial charge on any atom is -0.467 e. The van der Waals surface area contributed by atoms with Crippen molar-refractivity contribution in [3.8, 4) is 0 Å². The molecule has 0 bridgehead atoms. The van der Waals surface area contributed by atoms with Gasteiger partial charge in [0, 0.05) is 5.92 Å². The molecular weight excluding hydrogens is 228 g/mol. The molecule has 0 heterocycles. The van der Waals surface area contributed by atoms with E-state index in [1.54, 1.807) is 12.1 Å². The van der Waals surface area contributed by atoms with E-state index in [0.717, 1.165) is 19.3 Å². The van der Waals surface area contributed by atoms with E-state index in [0.29, 0.717) is 5.56 Å². The molecule has 1 aromatic rings. The number of ether oxygens (including phenoxy) is 1. The smallest absolute Gasteiger partial charge is 0.343 e. The Labute approximate surface area is 107 Å². The molecule has 2 unspecified atom stereocenters. The molecule has 2 rings (SSSR count). The summed E-state index contributed by atoms with van der Waals surface area (Å²) < 4.78 is 4.80. The normalized spacial score (nSPS) is 22.2. The highest BCUT2D eigenvalue weighted by atomic mass is 16.5. The molecule has 1 aliphatic carbocycles. The lowest BCUT2D eigenvalue weighted by Gasteiger charge is -2.33. The number of rotatable bonds is 3. The van der Waals surface area contributed by atoms with Crippen LogP contribution >= 0.6 is 0 Å². The van der Waals surface area contributed by atoms with Crippen molar-refractivity contribution in [1.82, 2.24) is 0 Å². The van der Waals surface area contributed by atoms with Crippen molar-refractivity contribution in [2.75, 3.05) is 7.11 Å². The fourth-order valence-corrected chi connectivity index (χ4v) is 2.49. The minimum absolute atomic E-state index is 0.221. The zero-order chi connectivity index (χ0) is 13.0. The Balaban J connectivity index is 2.43. The van der Waals surface area contributed by atoms with Crippen LogP contribution in [0.2, 0.25) is 0 Å². The van der Waals surface area contributed by atoms with Crippen molar-refractivity contribution in [3.05, 3.63) is 48.0 Å². The van der Waals surface area contributed by atoms with Crippen molar-refractivity contribution in [2.45, 2.75) is 24.9 Å². The van der Waals surface area contributed by atoms with Gasteiger partial charge in [0.05, 0.1) is 7.11 Å². The van der Waals surface area contributed by atoms with E-state index in [4.69, 9.17) is 4.74 Å². The van der Waals surface area contributed by atoms with Crippen LogP contribution in [0.1, 0.15) is 24.8 Å². The quantitative estimate of drug-likeness (QED) is 0.658. The lowest BCUT2D eigenvalue weighted by Crippen LogP contribution is -2.43. The van der Waals surface area contributed by atoms with Gasteiger partial charge in [0.2, 0.25) is 0 Å². The van der Waals surface area contributed by atoms with E-state index in [1.165, 1.54) is 7.11 Å². The minimum atomic E-state index is -1.58. The van der Waals surface area contributed by atoms with Crippen LogP contribution in [0.4, 0.5) is 0 Å². The average molecular weight is 246 g/mol. The van der Waals surface area contributed by atoms with Gasteiger partial charge in [0.1, 0.15) is 0 Å². The monoisotopic (exact) mass is 246 g/mol. The molecule has 0 fully saturated rings. The summed E-state index contributed by atoms with van der Waals surface area (Å²) in [6.45, 7) is 0. The van der Waals surface area contributed by atoms with Crippen LogP contribution in [-0.2, 0) is 15.1 Å². The second-order valence-corrected chi connectivity index (χ2v) is 4.59. The molecule has 0 saturated carbocycles. The third-order valence-corrected chi connectivity index (χ3v) is 3.50. The molecule has 0 aliphatic heterocycles. The fourth-order valence-electron chi connectivity index (χ4n) is 2.49. The molecule has 1 N–H and O–H groups in total. The van der Waals surface area contributed by atoms with Crippen molar-refractivity contribution >= 4 is 5.97 Å². The zero-order valence-electron chi connectivity index (χ0n) is 10.5. The van der Waals surface area contributed by atoms with Crippen molar-refractivity contribution in [1.29, 1.82) is 0 Å². The Bertz CT molecular complexity index is 438. The molecule has 3 heteroatoms. The van der Waals surface area contributed by atoms with Gasteiger partial charge in [-0.05, 0) is 24.8 Å². The van der Waals surface area contributed by atoms with Crippen LogP contribution in [-0.4, -0.2) is 18.2 Å².